The highest BCUT2D eigenvalue weighted by Crippen LogP contribution is 2.65. The van der Waals surface area contributed by atoms with Crippen LogP contribution in [0.3, 0.4) is 0 Å². The fourth-order valence-electron chi connectivity index (χ4n) is 9.22. The van der Waals surface area contributed by atoms with Gasteiger partial charge in [-0.05, 0) is 74.9 Å². The Morgan fingerprint density at radius 2 is 1.84 bits per heavy atom. The van der Waals surface area contributed by atoms with Crippen molar-refractivity contribution in [2.45, 2.75) is 77.1 Å². The van der Waals surface area contributed by atoms with E-state index in [2.05, 4.69) is 26.1 Å². The van der Waals surface area contributed by atoms with Crippen molar-refractivity contribution in [3.63, 3.8) is 0 Å². The molecule has 0 radical (unpaired) electrons. The maximum absolute atomic E-state index is 16.2. The van der Waals surface area contributed by atoms with Crippen LogP contribution in [0.4, 0.5) is 4.39 Å². The van der Waals surface area contributed by atoms with Gasteiger partial charge in [0.05, 0.1) is 11.6 Å². The summed E-state index contributed by atoms with van der Waals surface area (Å²) in [5, 5.41) is 48.5. The number of rotatable bonds is 5. The van der Waals surface area contributed by atoms with Crippen molar-refractivity contribution in [1.29, 1.82) is 0 Å². The van der Waals surface area contributed by atoms with E-state index in [9.17, 15) is 34.8 Å². The van der Waals surface area contributed by atoms with Gasteiger partial charge in [-0.15, -0.1) is 0 Å². The van der Waals surface area contributed by atoms with E-state index in [1.54, 1.807) is 0 Å². The van der Waals surface area contributed by atoms with Crippen molar-refractivity contribution in [3.8, 4) is 5.75 Å². The van der Waals surface area contributed by atoms with Crippen LogP contribution < -0.4 is 11.1 Å². The number of phenolic OH excluding ortho intramolecular Hbond substituents is 1. The Balaban J connectivity index is 1.39. The number of amides is 1. The summed E-state index contributed by atoms with van der Waals surface area (Å²) in [5.41, 5.74) is 1.71. The Hall–Kier alpha value is -3.28. The Labute approximate surface area is 249 Å². The standard InChI is InChI=1S/C32H40FN3O7/c1-30(2)15-6-7-31(30,3)19(11-15)35-12-14-10-18(37)21-16(23(14)33)8-13-9-17-24(36(4)5)26(39)22(29(34)42)28(41)32(17,43)27(40)20(13)25(21)38/h10,13,15,17,19,24,35,37-38,41,43H,6-9,11-12H2,1-5H3,(H2,34,42)/t13-,15?,17-,19+,24-,31?,32-/m0/s1. The molecule has 43 heavy (non-hydrogen) atoms. The summed E-state index contributed by atoms with van der Waals surface area (Å²) in [6, 6.07) is 0.233. The number of aromatic hydroxyl groups is 1. The molecule has 1 amide bonds. The highest BCUT2D eigenvalue weighted by Gasteiger charge is 2.64. The molecule has 0 aliphatic heterocycles. The number of nitrogens with two attached hydrogens (primary N) is 1. The molecule has 11 heteroatoms. The lowest BCUT2D eigenvalue weighted by Gasteiger charge is -2.50. The van der Waals surface area contributed by atoms with Crippen LogP contribution in [0.1, 0.15) is 63.1 Å². The van der Waals surface area contributed by atoms with E-state index in [0.29, 0.717) is 5.92 Å². The summed E-state index contributed by atoms with van der Waals surface area (Å²) >= 11 is 0. The number of halogens is 1. The van der Waals surface area contributed by atoms with Crippen LogP contribution >= 0.6 is 0 Å². The molecule has 0 saturated heterocycles. The monoisotopic (exact) mass is 597 g/mol. The highest BCUT2D eigenvalue weighted by atomic mass is 19.1. The summed E-state index contributed by atoms with van der Waals surface area (Å²) in [5.74, 6) is -7.58. The number of primary amides is 1. The molecule has 2 unspecified atom stereocenters. The zero-order chi connectivity index (χ0) is 31.5. The fraction of sp³-hybridized carbons (Fsp3) is 0.594. The smallest absolute Gasteiger partial charge is 0.255 e. The topological polar surface area (TPSA) is 173 Å². The molecule has 3 saturated carbocycles. The van der Waals surface area contributed by atoms with Crippen LogP contribution in [-0.2, 0) is 27.3 Å². The number of ketones is 2. The zero-order valence-electron chi connectivity index (χ0n) is 25.1. The molecule has 1 aromatic rings. The Kier molecular flexibility index (Phi) is 6.48. The third-order valence-corrected chi connectivity index (χ3v) is 12.1. The van der Waals surface area contributed by atoms with Gasteiger partial charge in [0.1, 0.15) is 28.7 Å². The number of Topliss-reactive ketones (excluding diaryl/α,β-unsaturated/α-hetero) is 2. The van der Waals surface area contributed by atoms with Gasteiger partial charge in [-0.25, -0.2) is 4.39 Å². The van der Waals surface area contributed by atoms with E-state index in [1.165, 1.54) is 31.5 Å². The lowest BCUT2D eigenvalue weighted by molar-refractivity contribution is -0.153. The second kappa shape index (κ2) is 9.36. The van der Waals surface area contributed by atoms with Crippen LogP contribution in [-0.4, -0.2) is 74.6 Å². The van der Waals surface area contributed by atoms with Gasteiger partial charge >= 0.3 is 0 Å². The van der Waals surface area contributed by atoms with E-state index in [1.807, 2.05) is 0 Å². The number of nitrogens with zero attached hydrogens (tertiary/aromatic N) is 1. The minimum Gasteiger partial charge on any atom is -0.508 e. The summed E-state index contributed by atoms with van der Waals surface area (Å²) in [6.07, 6.45) is 3.09. The molecule has 5 aliphatic rings. The molecule has 0 spiro atoms. The van der Waals surface area contributed by atoms with Crippen LogP contribution in [0.2, 0.25) is 0 Å². The van der Waals surface area contributed by atoms with Gasteiger partial charge in [-0.1, -0.05) is 20.8 Å². The minimum atomic E-state index is -2.73. The lowest BCUT2D eigenvalue weighted by atomic mass is 9.57. The van der Waals surface area contributed by atoms with Crippen LogP contribution in [0, 0.1) is 34.4 Å². The molecule has 1 aromatic carbocycles. The molecule has 10 nitrogen and oxygen atoms in total. The van der Waals surface area contributed by atoms with Crippen LogP contribution in [0.15, 0.2) is 23.0 Å². The molecule has 7 N–H and O–H groups in total. The van der Waals surface area contributed by atoms with Crippen molar-refractivity contribution < 1.29 is 39.2 Å². The van der Waals surface area contributed by atoms with Gasteiger partial charge in [0.2, 0.25) is 5.78 Å². The number of benzene rings is 1. The number of phenols is 1. The third kappa shape index (κ3) is 3.70. The van der Waals surface area contributed by atoms with E-state index in [0.717, 1.165) is 12.8 Å². The van der Waals surface area contributed by atoms with Crippen LogP contribution in [0.5, 0.6) is 5.75 Å². The quantitative estimate of drug-likeness (QED) is 0.279. The fourth-order valence-corrected chi connectivity index (χ4v) is 9.22. The summed E-state index contributed by atoms with van der Waals surface area (Å²) in [7, 11) is 3.06. The number of nitrogens with one attached hydrogen (secondary N) is 1. The average Bonchev–Trinajstić information content (AvgIpc) is 3.25. The summed E-state index contributed by atoms with van der Waals surface area (Å²) in [4.78, 5) is 40.7. The third-order valence-electron chi connectivity index (χ3n) is 12.1. The first kappa shape index (κ1) is 29.8. The first-order chi connectivity index (χ1) is 20.0. The molecule has 2 bridgehead atoms. The van der Waals surface area contributed by atoms with Gasteiger partial charge in [0.25, 0.3) is 5.91 Å². The molecule has 232 valence electrons. The Bertz CT molecular complexity index is 1550. The molecule has 5 aliphatic carbocycles. The van der Waals surface area contributed by atoms with Gasteiger partial charge in [-0.3, -0.25) is 19.3 Å². The van der Waals surface area contributed by atoms with Gasteiger partial charge in [-0.2, -0.15) is 0 Å². The van der Waals surface area contributed by atoms with E-state index >= 15 is 4.39 Å². The molecule has 6 rings (SSSR count). The van der Waals surface area contributed by atoms with E-state index < -0.39 is 69.6 Å². The maximum atomic E-state index is 16.2. The number of likely N-dealkylation sites (N-methyl/N-ethyl adjacent to an activating group) is 1. The van der Waals surface area contributed by atoms with E-state index in [4.69, 9.17) is 5.73 Å². The minimum absolute atomic E-state index is 0.0434. The second-order valence-electron chi connectivity index (χ2n) is 14.2. The van der Waals surface area contributed by atoms with Gasteiger partial charge in [0, 0.05) is 35.2 Å². The van der Waals surface area contributed by atoms with Crippen molar-refractivity contribution in [2.24, 2.45) is 34.3 Å². The molecular weight excluding hydrogens is 557 g/mol. The number of hydrogen-bond donors (Lipinski definition) is 6. The molecular formula is C32H40FN3O7. The molecule has 0 aromatic heterocycles. The predicted molar refractivity (Wildman–Crippen MR) is 154 cm³/mol. The van der Waals surface area contributed by atoms with Crippen molar-refractivity contribution >= 4 is 23.2 Å². The normalized spacial score (nSPS) is 36.2. The Morgan fingerprint density at radius 1 is 1.16 bits per heavy atom. The largest absolute Gasteiger partial charge is 0.508 e. The number of aliphatic hydroxyl groups is 3. The first-order valence-electron chi connectivity index (χ1n) is 14.9. The molecule has 3 fully saturated rings. The highest BCUT2D eigenvalue weighted by molar-refractivity contribution is 6.24. The first-order valence-corrected chi connectivity index (χ1v) is 14.9. The van der Waals surface area contributed by atoms with Crippen molar-refractivity contribution in [3.05, 3.63) is 45.5 Å². The lowest BCUT2D eigenvalue weighted by Crippen LogP contribution is -2.65. The second-order valence-corrected chi connectivity index (χ2v) is 14.2. The van der Waals surface area contributed by atoms with Crippen molar-refractivity contribution in [1.82, 2.24) is 10.2 Å². The number of fused-ring (bicyclic) bond motifs is 5. The van der Waals surface area contributed by atoms with E-state index in [-0.39, 0.29) is 58.5 Å². The molecule has 7 atom stereocenters. The number of hydrogen-bond acceptors (Lipinski definition) is 9. The number of carbonyl (C=O) groups is 3. The number of aliphatic hydroxyl groups excluding tert-OH is 2. The Morgan fingerprint density at radius 3 is 2.40 bits per heavy atom. The molecule has 0 heterocycles. The average molecular weight is 598 g/mol. The predicted octanol–water partition coefficient (Wildman–Crippen LogP) is 2.41. The van der Waals surface area contributed by atoms with Gasteiger partial charge in [0.15, 0.2) is 11.4 Å². The summed E-state index contributed by atoms with van der Waals surface area (Å²) in [6.45, 7) is 7.04. The summed E-state index contributed by atoms with van der Waals surface area (Å²) < 4.78 is 16.2. The maximum Gasteiger partial charge on any atom is 0.255 e. The van der Waals surface area contributed by atoms with Gasteiger partial charge < -0.3 is 31.5 Å². The van der Waals surface area contributed by atoms with Crippen LogP contribution in [0.25, 0.3) is 5.76 Å². The SMILES string of the molecule is CN(C)[C@@H]1C(=O)C(C(N)=O)=C(O)[C@@]2(O)C(=O)C3=C(O)c4c(O)cc(CN[C@@H]5CC6CCC5(C)C6(C)C)c(F)c4C[C@H]3C[C@@H]12. The number of carbonyl (C=O) groups excluding carboxylic acids is 3. The zero-order valence-corrected chi connectivity index (χ0v) is 25.1. The van der Waals surface area contributed by atoms with Crippen molar-refractivity contribution in [2.75, 3.05) is 14.1 Å².